The second-order valence-electron chi connectivity index (χ2n) is 3.99. The number of carbonyl (C=O) groups is 1. The van der Waals surface area contributed by atoms with Gasteiger partial charge in [0, 0.05) is 0 Å². The molecule has 0 spiro atoms. The van der Waals surface area contributed by atoms with Gasteiger partial charge in [0.25, 0.3) is 0 Å². The van der Waals surface area contributed by atoms with Gasteiger partial charge in [0.2, 0.25) is 0 Å². The molecule has 15 heavy (non-hydrogen) atoms. The van der Waals surface area contributed by atoms with Crippen LogP contribution >= 0.6 is 0 Å². The molecule has 0 heterocycles. The average Bonchev–Trinajstić information content (AvgIpc) is 2.18. The molecular weight excluding hydrogens is 188 g/mol. The lowest BCUT2D eigenvalue weighted by Gasteiger charge is -2.02. The van der Waals surface area contributed by atoms with Crippen LogP contribution in [0.3, 0.4) is 0 Å². The summed E-state index contributed by atoms with van der Waals surface area (Å²) in [6.45, 7) is 5.89. The number of carbonyl (C=O) groups excluding carboxylic acids is 1. The molecule has 0 radical (unpaired) electrons. The number of allylic oxidation sites excluding steroid dienone is 2. The van der Waals surface area contributed by atoms with E-state index in [1.54, 1.807) is 18.2 Å². The summed E-state index contributed by atoms with van der Waals surface area (Å²) in [6.07, 6.45) is 3.34. The van der Waals surface area contributed by atoms with Crippen molar-refractivity contribution in [3.05, 3.63) is 41.5 Å². The Morgan fingerprint density at radius 2 is 2.07 bits per heavy atom. The fourth-order valence-corrected chi connectivity index (χ4v) is 1.22. The molecule has 0 unspecified atom stereocenters. The van der Waals surface area contributed by atoms with Gasteiger partial charge < -0.3 is 5.11 Å². The standard InChI is InChI=1S/C13H16O2/c1-9(2)4-6-12(14)11-8-10(3)5-7-13(11)15/h4-9,15H,1-3H3/b6-4+. The minimum atomic E-state index is -0.148. The van der Waals surface area contributed by atoms with Gasteiger partial charge >= 0.3 is 0 Å². The van der Waals surface area contributed by atoms with Crippen LogP contribution in [0.25, 0.3) is 0 Å². The summed E-state index contributed by atoms with van der Waals surface area (Å²) in [5, 5.41) is 9.52. The molecule has 0 fully saturated rings. The molecule has 0 amide bonds. The summed E-state index contributed by atoms with van der Waals surface area (Å²) in [5.74, 6) is 0.227. The van der Waals surface area contributed by atoms with E-state index < -0.39 is 0 Å². The lowest BCUT2D eigenvalue weighted by atomic mass is 10.0. The maximum atomic E-state index is 11.7. The molecule has 1 N–H and O–H groups in total. The Morgan fingerprint density at radius 3 is 2.67 bits per heavy atom. The number of rotatable bonds is 3. The van der Waals surface area contributed by atoms with Crippen LogP contribution in [0.4, 0.5) is 0 Å². The van der Waals surface area contributed by atoms with E-state index in [0.29, 0.717) is 11.5 Å². The highest BCUT2D eigenvalue weighted by Gasteiger charge is 2.07. The number of hydrogen-bond donors (Lipinski definition) is 1. The molecule has 1 aromatic rings. The zero-order valence-electron chi connectivity index (χ0n) is 9.32. The van der Waals surface area contributed by atoms with Crippen LogP contribution in [0.2, 0.25) is 0 Å². The first-order chi connectivity index (χ1) is 7.00. The van der Waals surface area contributed by atoms with Crippen molar-refractivity contribution in [3.63, 3.8) is 0 Å². The number of benzene rings is 1. The number of phenols is 1. The van der Waals surface area contributed by atoms with E-state index in [1.165, 1.54) is 6.08 Å². The maximum absolute atomic E-state index is 11.7. The third-order valence-electron chi connectivity index (χ3n) is 2.05. The van der Waals surface area contributed by atoms with Gasteiger partial charge in [-0.1, -0.05) is 31.6 Å². The largest absolute Gasteiger partial charge is 0.507 e. The van der Waals surface area contributed by atoms with E-state index in [-0.39, 0.29) is 11.5 Å². The van der Waals surface area contributed by atoms with E-state index in [1.807, 2.05) is 26.8 Å². The van der Waals surface area contributed by atoms with Crippen LogP contribution in [0.5, 0.6) is 5.75 Å². The third kappa shape index (κ3) is 3.24. The summed E-state index contributed by atoms with van der Waals surface area (Å²) in [6, 6.07) is 5.02. The summed E-state index contributed by atoms with van der Waals surface area (Å²) in [7, 11) is 0. The van der Waals surface area contributed by atoms with Crippen LogP contribution in [0, 0.1) is 12.8 Å². The monoisotopic (exact) mass is 204 g/mol. The maximum Gasteiger partial charge on any atom is 0.189 e. The molecule has 0 aliphatic carbocycles. The third-order valence-corrected chi connectivity index (χ3v) is 2.05. The molecule has 1 aromatic carbocycles. The van der Waals surface area contributed by atoms with Crippen LogP contribution < -0.4 is 0 Å². The Morgan fingerprint density at radius 1 is 1.40 bits per heavy atom. The Balaban J connectivity index is 2.96. The molecule has 0 aromatic heterocycles. The van der Waals surface area contributed by atoms with Gasteiger partial charge in [0.1, 0.15) is 5.75 Å². The summed E-state index contributed by atoms with van der Waals surface area (Å²) < 4.78 is 0. The van der Waals surface area contributed by atoms with Gasteiger partial charge in [-0.25, -0.2) is 0 Å². The van der Waals surface area contributed by atoms with Crippen molar-refractivity contribution in [2.75, 3.05) is 0 Å². The van der Waals surface area contributed by atoms with Crippen LogP contribution in [0.15, 0.2) is 30.4 Å². The number of phenolic OH excluding ortho intramolecular Hbond substituents is 1. The van der Waals surface area contributed by atoms with Crippen molar-refractivity contribution >= 4 is 5.78 Å². The molecule has 0 atom stereocenters. The molecule has 2 nitrogen and oxygen atoms in total. The van der Waals surface area contributed by atoms with E-state index in [9.17, 15) is 9.90 Å². The first kappa shape index (κ1) is 11.5. The molecular formula is C13H16O2. The zero-order chi connectivity index (χ0) is 11.4. The number of ketones is 1. The van der Waals surface area contributed by atoms with Crippen LogP contribution in [-0.4, -0.2) is 10.9 Å². The molecule has 2 heteroatoms. The minimum Gasteiger partial charge on any atom is -0.507 e. The number of aromatic hydroxyl groups is 1. The fraction of sp³-hybridized carbons (Fsp3) is 0.308. The van der Waals surface area contributed by atoms with Crippen molar-refractivity contribution < 1.29 is 9.90 Å². The number of hydrogen-bond acceptors (Lipinski definition) is 2. The SMILES string of the molecule is Cc1ccc(O)c(C(=O)/C=C/C(C)C)c1. The molecule has 0 aliphatic heterocycles. The van der Waals surface area contributed by atoms with Gasteiger partial charge in [-0.2, -0.15) is 0 Å². The molecule has 0 saturated carbocycles. The van der Waals surface area contributed by atoms with Crippen molar-refractivity contribution in [2.45, 2.75) is 20.8 Å². The first-order valence-corrected chi connectivity index (χ1v) is 5.03. The highest BCUT2D eigenvalue weighted by atomic mass is 16.3. The Labute approximate surface area is 90.3 Å². The summed E-state index contributed by atoms with van der Waals surface area (Å²) in [5.41, 5.74) is 1.33. The molecule has 1 rings (SSSR count). The minimum absolute atomic E-state index is 0.0407. The summed E-state index contributed by atoms with van der Waals surface area (Å²) in [4.78, 5) is 11.7. The van der Waals surface area contributed by atoms with Crippen molar-refractivity contribution in [1.29, 1.82) is 0 Å². The van der Waals surface area contributed by atoms with Crippen LogP contribution in [-0.2, 0) is 0 Å². The molecule has 80 valence electrons. The fourth-order valence-electron chi connectivity index (χ4n) is 1.22. The van der Waals surface area contributed by atoms with E-state index in [4.69, 9.17) is 0 Å². The Hall–Kier alpha value is -1.57. The van der Waals surface area contributed by atoms with E-state index in [2.05, 4.69) is 0 Å². The topological polar surface area (TPSA) is 37.3 Å². The molecule has 0 bridgehead atoms. The molecule has 0 aliphatic rings. The smallest absolute Gasteiger partial charge is 0.189 e. The van der Waals surface area contributed by atoms with Gasteiger partial charge in [-0.05, 0) is 31.1 Å². The normalized spacial score (nSPS) is 11.2. The van der Waals surface area contributed by atoms with Gasteiger partial charge in [-0.3, -0.25) is 4.79 Å². The quantitative estimate of drug-likeness (QED) is 0.606. The van der Waals surface area contributed by atoms with Gasteiger partial charge in [0.15, 0.2) is 5.78 Å². The van der Waals surface area contributed by atoms with Crippen molar-refractivity contribution in [1.82, 2.24) is 0 Å². The van der Waals surface area contributed by atoms with E-state index >= 15 is 0 Å². The second kappa shape index (κ2) is 4.78. The van der Waals surface area contributed by atoms with E-state index in [0.717, 1.165) is 5.56 Å². The zero-order valence-corrected chi connectivity index (χ0v) is 9.32. The highest BCUT2D eigenvalue weighted by molar-refractivity contribution is 6.06. The van der Waals surface area contributed by atoms with Gasteiger partial charge in [0.05, 0.1) is 5.56 Å². The van der Waals surface area contributed by atoms with Crippen LogP contribution in [0.1, 0.15) is 29.8 Å². The molecule has 0 saturated heterocycles. The van der Waals surface area contributed by atoms with Crippen molar-refractivity contribution in [3.8, 4) is 5.75 Å². The summed E-state index contributed by atoms with van der Waals surface area (Å²) >= 11 is 0. The highest BCUT2D eigenvalue weighted by Crippen LogP contribution is 2.19. The Bertz CT molecular complexity index is 390. The van der Waals surface area contributed by atoms with Gasteiger partial charge in [-0.15, -0.1) is 0 Å². The average molecular weight is 204 g/mol. The Kier molecular flexibility index (Phi) is 3.67. The lowest BCUT2D eigenvalue weighted by molar-refractivity contribution is 0.104. The van der Waals surface area contributed by atoms with Crippen molar-refractivity contribution in [2.24, 2.45) is 5.92 Å². The number of aryl methyl sites for hydroxylation is 1. The predicted molar refractivity (Wildman–Crippen MR) is 61.2 cm³/mol. The second-order valence-corrected chi connectivity index (χ2v) is 3.99. The predicted octanol–water partition coefficient (Wildman–Crippen LogP) is 3.10. The first-order valence-electron chi connectivity index (χ1n) is 5.03. The lowest BCUT2D eigenvalue weighted by Crippen LogP contribution is -1.96.